The lowest BCUT2D eigenvalue weighted by Crippen LogP contribution is -2.44. The lowest BCUT2D eigenvalue weighted by atomic mass is 9.94. The van der Waals surface area contributed by atoms with Gasteiger partial charge in [0.05, 0.1) is 0 Å². The summed E-state index contributed by atoms with van der Waals surface area (Å²) in [6.07, 6.45) is 5.54. The minimum Gasteiger partial charge on any atom is -0.331 e. The van der Waals surface area contributed by atoms with Gasteiger partial charge in [0.2, 0.25) is 11.8 Å². The van der Waals surface area contributed by atoms with Crippen molar-refractivity contribution in [2.45, 2.75) is 58.9 Å². The second-order valence-corrected chi connectivity index (χ2v) is 6.25. The van der Waals surface area contributed by atoms with Crippen LogP contribution in [0.4, 0.5) is 5.69 Å². The third-order valence-electron chi connectivity index (χ3n) is 4.48. The Morgan fingerprint density at radius 3 is 2.27 bits per heavy atom. The second kappa shape index (κ2) is 7.43. The number of anilines is 1. The van der Waals surface area contributed by atoms with Gasteiger partial charge in [-0.3, -0.25) is 9.59 Å². The minimum absolute atomic E-state index is 0.0106. The summed E-state index contributed by atoms with van der Waals surface area (Å²) in [5, 5.41) is 2.97. The highest BCUT2D eigenvalue weighted by molar-refractivity contribution is 5.95. The van der Waals surface area contributed by atoms with Gasteiger partial charge in [0.15, 0.2) is 0 Å². The first-order valence-corrected chi connectivity index (χ1v) is 8.12. The molecular weight excluding hydrogens is 276 g/mol. The van der Waals surface area contributed by atoms with Gasteiger partial charge in [-0.05, 0) is 37.8 Å². The van der Waals surface area contributed by atoms with Crippen molar-refractivity contribution in [1.82, 2.24) is 4.90 Å². The highest BCUT2D eigenvalue weighted by Gasteiger charge is 2.25. The number of benzene rings is 1. The van der Waals surface area contributed by atoms with Crippen LogP contribution in [0, 0.1) is 13.8 Å². The molecular formula is C18H26N2O2. The zero-order valence-electron chi connectivity index (χ0n) is 13.8. The quantitative estimate of drug-likeness (QED) is 0.926. The first-order chi connectivity index (χ1) is 10.5. The van der Waals surface area contributed by atoms with Crippen LogP contribution in [0.3, 0.4) is 0 Å². The van der Waals surface area contributed by atoms with Crippen molar-refractivity contribution in [2.75, 3.05) is 11.9 Å². The molecule has 4 heteroatoms. The van der Waals surface area contributed by atoms with E-state index in [2.05, 4.69) is 5.32 Å². The Hall–Kier alpha value is -1.84. The van der Waals surface area contributed by atoms with E-state index in [4.69, 9.17) is 0 Å². The number of carbonyl (C=O) groups is 2. The Morgan fingerprint density at radius 1 is 1.14 bits per heavy atom. The summed E-state index contributed by atoms with van der Waals surface area (Å²) < 4.78 is 0. The van der Waals surface area contributed by atoms with Gasteiger partial charge in [-0.2, -0.15) is 0 Å². The Morgan fingerprint density at radius 2 is 1.73 bits per heavy atom. The lowest BCUT2D eigenvalue weighted by molar-refractivity contribution is -0.135. The van der Waals surface area contributed by atoms with Crippen LogP contribution in [0.5, 0.6) is 0 Å². The Balaban J connectivity index is 2.03. The van der Waals surface area contributed by atoms with Gasteiger partial charge in [0.25, 0.3) is 0 Å². The van der Waals surface area contributed by atoms with Crippen LogP contribution in [0.1, 0.15) is 50.2 Å². The van der Waals surface area contributed by atoms with E-state index in [0.29, 0.717) is 0 Å². The predicted octanol–water partition coefficient (Wildman–Crippen LogP) is 3.42. The summed E-state index contributed by atoms with van der Waals surface area (Å²) in [5.41, 5.74) is 2.94. The van der Waals surface area contributed by atoms with Crippen LogP contribution in [0.25, 0.3) is 0 Å². The average molecular weight is 302 g/mol. The third-order valence-corrected chi connectivity index (χ3v) is 4.48. The molecule has 1 saturated carbocycles. The highest BCUT2D eigenvalue weighted by atomic mass is 16.2. The Labute approximate surface area is 132 Å². The molecule has 1 aromatic rings. The molecule has 1 aromatic carbocycles. The zero-order chi connectivity index (χ0) is 16.1. The van der Waals surface area contributed by atoms with Crippen molar-refractivity contribution in [1.29, 1.82) is 0 Å². The van der Waals surface area contributed by atoms with E-state index in [1.165, 1.54) is 6.42 Å². The number of rotatable bonds is 4. The number of hydrogen-bond acceptors (Lipinski definition) is 2. The maximum atomic E-state index is 12.4. The number of para-hydroxylation sites is 1. The van der Waals surface area contributed by atoms with Gasteiger partial charge in [-0.1, -0.05) is 37.5 Å². The van der Waals surface area contributed by atoms with E-state index in [1.807, 2.05) is 32.0 Å². The SMILES string of the molecule is CC(=O)N(CC(=O)Nc1c(C)cccc1C)C1CCCCC1. The minimum atomic E-state index is -0.113. The molecule has 0 saturated heterocycles. The molecule has 4 nitrogen and oxygen atoms in total. The molecule has 22 heavy (non-hydrogen) atoms. The molecule has 1 aliphatic rings. The van der Waals surface area contributed by atoms with Crippen LogP contribution in [0.2, 0.25) is 0 Å². The van der Waals surface area contributed by atoms with Gasteiger partial charge in [-0.25, -0.2) is 0 Å². The number of amides is 2. The van der Waals surface area contributed by atoms with Crippen LogP contribution < -0.4 is 5.32 Å². The van der Waals surface area contributed by atoms with Crippen LogP contribution >= 0.6 is 0 Å². The topological polar surface area (TPSA) is 49.4 Å². The fraction of sp³-hybridized carbons (Fsp3) is 0.556. The van der Waals surface area contributed by atoms with Crippen molar-refractivity contribution in [2.24, 2.45) is 0 Å². The third kappa shape index (κ3) is 4.09. The highest BCUT2D eigenvalue weighted by Crippen LogP contribution is 2.23. The molecule has 0 unspecified atom stereocenters. The molecule has 0 aliphatic heterocycles. The number of aryl methyl sites for hydroxylation is 2. The fourth-order valence-corrected chi connectivity index (χ4v) is 3.24. The van der Waals surface area contributed by atoms with E-state index < -0.39 is 0 Å². The maximum Gasteiger partial charge on any atom is 0.244 e. The van der Waals surface area contributed by atoms with Gasteiger partial charge in [0, 0.05) is 18.7 Å². The van der Waals surface area contributed by atoms with Gasteiger partial charge in [-0.15, -0.1) is 0 Å². The predicted molar refractivity (Wildman–Crippen MR) is 88.8 cm³/mol. The van der Waals surface area contributed by atoms with Gasteiger partial charge < -0.3 is 10.2 Å². The number of carbonyl (C=O) groups excluding carboxylic acids is 2. The first kappa shape index (κ1) is 16.5. The van der Waals surface area contributed by atoms with Gasteiger partial charge in [0.1, 0.15) is 6.54 Å². The molecule has 0 radical (unpaired) electrons. The molecule has 1 fully saturated rings. The zero-order valence-corrected chi connectivity index (χ0v) is 13.8. The largest absolute Gasteiger partial charge is 0.331 e. The Kier molecular flexibility index (Phi) is 5.58. The van der Waals surface area contributed by atoms with Crippen LogP contribution in [0.15, 0.2) is 18.2 Å². The number of nitrogens with one attached hydrogen (secondary N) is 1. The van der Waals surface area contributed by atoms with E-state index in [0.717, 1.165) is 42.5 Å². The molecule has 2 amide bonds. The average Bonchev–Trinajstić information content (AvgIpc) is 2.49. The summed E-state index contributed by atoms with van der Waals surface area (Å²) in [5.74, 6) is -0.123. The lowest BCUT2D eigenvalue weighted by Gasteiger charge is -2.33. The van der Waals surface area contributed by atoms with Gasteiger partial charge >= 0.3 is 0 Å². The van der Waals surface area contributed by atoms with Crippen molar-refractivity contribution in [3.63, 3.8) is 0 Å². The van der Waals surface area contributed by atoms with E-state index in [1.54, 1.807) is 11.8 Å². The van der Waals surface area contributed by atoms with Crippen molar-refractivity contribution >= 4 is 17.5 Å². The standard InChI is InChI=1S/C18H26N2O2/c1-13-8-7-9-14(2)18(13)19-17(22)12-20(15(3)21)16-10-5-4-6-11-16/h7-9,16H,4-6,10-12H2,1-3H3,(H,19,22). The molecule has 2 rings (SSSR count). The van der Waals surface area contributed by atoms with Crippen molar-refractivity contribution in [3.8, 4) is 0 Å². The fourth-order valence-electron chi connectivity index (χ4n) is 3.24. The Bertz CT molecular complexity index is 528. The molecule has 0 aromatic heterocycles. The monoisotopic (exact) mass is 302 g/mol. The molecule has 0 atom stereocenters. The van der Waals surface area contributed by atoms with E-state index >= 15 is 0 Å². The number of hydrogen-bond donors (Lipinski definition) is 1. The normalized spacial score (nSPS) is 15.4. The molecule has 0 bridgehead atoms. The molecule has 0 spiro atoms. The first-order valence-electron chi connectivity index (χ1n) is 8.12. The summed E-state index contributed by atoms with van der Waals surface area (Å²) in [6.45, 7) is 5.66. The molecule has 1 aliphatic carbocycles. The van der Waals surface area contributed by atoms with Crippen LogP contribution in [-0.2, 0) is 9.59 Å². The van der Waals surface area contributed by atoms with Crippen LogP contribution in [-0.4, -0.2) is 29.3 Å². The second-order valence-electron chi connectivity index (χ2n) is 6.25. The van der Waals surface area contributed by atoms with E-state index in [-0.39, 0.29) is 24.4 Å². The molecule has 0 heterocycles. The summed E-state index contributed by atoms with van der Waals surface area (Å²) in [7, 11) is 0. The van der Waals surface area contributed by atoms with E-state index in [9.17, 15) is 9.59 Å². The maximum absolute atomic E-state index is 12.4. The summed E-state index contributed by atoms with van der Waals surface area (Å²) in [6, 6.07) is 6.15. The number of nitrogens with zero attached hydrogens (tertiary/aromatic N) is 1. The molecule has 1 N–H and O–H groups in total. The smallest absolute Gasteiger partial charge is 0.244 e. The van der Waals surface area contributed by atoms with Crippen molar-refractivity contribution < 1.29 is 9.59 Å². The molecule has 120 valence electrons. The summed E-state index contributed by atoms with van der Waals surface area (Å²) >= 11 is 0. The summed E-state index contributed by atoms with van der Waals surface area (Å²) in [4.78, 5) is 26.0. The van der Waals surface area contributed by atoms with Crippen molar-refractivity contribution in [3.05, 3.63) is 29.3 Å².